The molecular weight excluding hydrogens is 291 g/mol. The fourth-order valence-corrected chi connectivity index (χ4v) is 3.93. The van der Waals surface area contributed by atoms with Crippen molar-refractivity contribution in [1.29, 1.82) is 0 Å². The van der Waals surface area contributed by atoms with E-state index in [0.717, 1.165) is 25.5 Å². The molecule has 1 N–H and O–H groups in total. The van der Waals surface area contributed by atoms with E-state index in [-0.39, 0.29) is 4.90 Å². The highest BCUT2D eigenvalue weighted by molar-refractivity contribution is 7.89. The molecule has 1 aromatic carbocycles. The molecule has 1 rings (SSSR count). The van der Waals surface area contributed by atoms with Gasteiger partial charge in [-0.15, -0.1) is 0 Å². The van der Waals surface area contributed by atoms with E-state index in [0.29, 0.717) is 25.2 Å². The van der Waals surface area contributed by atoms with Gasteiger partial charge in [0, 0.05) is 19.6 Å². The van der Waals surface area contributed by atoms with Crippen molar-refractivity contribution in [3.63, 3.8) is 0 Å². The number of halogens is 1. The highest BCUT2D eigenvalue weighted by Crippen LogP contribution is 2.22. The van der Waals surface area contributed by atoms with E-state index < -0.39 is 15.8 Å². The third kappa shape index (κ3) is 4.76. The molecule has 0 aromatic heterocycles. The van der Waals surface area contributed by atoms with E-state index in [1.807, 2.05) is 13.8 Å². The van der Waals surface area contributed by atoms with Gasteiger partial charge in [0.1, 0.15) is 5.82 Å². The van der Waals surface area contributed by atoms with Crippen molar-refractivity contribution in [1.82, 2.24) is 9.62 Å². The van der Waals surface area contributed by atoms with Crippen molar-refractivity contribution < 1.29 is 12.8 Å². The summed E-state index contributed by atoms with van der Waals surface area (Å²) in [5, 5.41) is 3.17. The third-order valence-corrected chi connectivity index (χ3v) is 5.27. The SMILES string of the molecule is CCCNCc1ccc(F)cc1S(=O)(=O)N(CC)CCC. The summed E-state index contributed by atoms with van der Waals surface area (Å²) in [6.07, 6.45) is 1.69. The monoisotopic (exact) mass is 316 g/mol. The number of hydrogen-bond donors (Lipinski definition) is 1. The van der Waals surface area contributed by atoms with E-state index in [9.17, 15) is 12.8 Å². The summed E-state index contributed by atoms with van der Waals surface area (Å²) in [5.74, 6) is -0.527. The van der Waals surface area contributed by atoms with Gasteiger partial charge < -0.3 is 5.32 Å². The first-order valence-corrected chi connectivity index (χ1v) is 8.90. The van der Waals surface area contributed by atoms with E-state index in [1.165, 1.54) is 10.4 Å². The van der Waals surface area contributed by atoms with Crippen LogP contribution in [0.5, 0.6) is 0 Å². The molecule has 0 atom stereocenters. The zero-order valence-corrected chi connectivity index (χ0v) is 13.8. The average Bonchev–Trinajstić information content (AvgIpc) is 2.46. The van der Waals surface area contributed by atoms with Gasteiger partial charge in [-0.1, -0.05) is 26.8 Å². The minimum atomic E-state index is -3.65. The van der Waals surface area contributed by atoms with Crippen molar-refractivity contribution in [2.45, 2.75) is 45.1 Å². The zero-order valence-electron chi connectivity index (χ0n) is 13.0. The minimum Gasteiger partial charge on any atom is -0.313 e. The molecule has 1 aromatic rings. The lowest BCUT2D eigenvalue weighted by Crippen LogP contribution is -2.32. The summed E-state index contributed by atoms with van der Waals surface area (Å²) in [6, 6.07) is 3.97. The largest absolute Gasteiger partial charge is 0.313 e. The van der Waals surface area contributed by atoms with E-state index >= 15 is 0 Å². The first kappa shape index (κ1) is 18.1. The van der Waals surface area contributed by atoms with Crippen molar-refractivity contribution >= 4 is 10.0 Å². The summed E-state index contributed by atoms with van der Waals surface area (Å²) in [5.41, 5.74) is 0.611. The predicted octanol–water partition coefficient (Wildman–Crippen LogP) is 2.75. The highest BCUT2D eigenvalue weighted by Gasteiger charge is 2.25. The van der Waals surface area contributed by atoms with Crippen LogP contribution in [0.3, 0.4) is 0 Å². The fraction of sp³-hybridized carbons (Fsp3) is 0.600. The smallest absolute Gasteiger partial charge is 0.243 e. The van der Waals surface area contributed by atoms with Gasteiger partial charge in [0.05, 0.1) is 4.90 Å². The first-order chi connectivity index (χ1) is 9.97. The summed E-state index contributed by atoms with van der Waals surface area (Å²) < 4.78 is 40.3. The average molecular weight is 316 g/mol. The maximum Gasteiger partial charge on any atom is 0.243 e. The van der Waals surface area contributed by atoms with Crippen LogP contribution in [-0.4, -0.2) is 32.4 Å². The lowest BCUT2D eigenvalue weighted by molar-refractivity contribution is 0.425. The van der Waals surface area contributed by atoms with Gasteiger partial charge in [0.15, 0.2) is 0 Å². The molecule has 0 amide bonds. The number of benzene rings is 1. The Labute approximate surface area is 127 Å². The predicted molar refractivity (Wildman–Crippen MR) is 83.1 cm³/mol. The molecule has 21 heavy (non-hydrogen) atoms. The van der Waals surface area contributed by atoms with Gasteiger partial charge in [-0.05, 0) is 37.1 Å². The quantitative estimate of drug-likeness (QED) is 0.713. The van der Waals surface area contributed by atoms with Crippen LogP contribution >= 0.6 is 0 Å². The van der Waals surface area contributed by atoms with Crippen LogP contribution in [0, 0.1) is 5.82 Å². The Kier molecular flexibility index (Phi) is 7.28. The van der Waals surface area contributed by atoms with Gasteiger partial charge in [0.25, 0.3) is 0 Å². The second kappa shape index (κ2) is 8.46. The summed E-state index contributed by atoms with van der Waals surface area (Å²) in [7, 11) is -3.65. The molecule has 0 radical (unpaired) electrons. The Balaban J connectivity index is 3.16. The number of nitrogens with one attached hydrogen (secondary N) is 1. The molecule has 0 aliphatic heterocycles. The second-order valence-corrected chi connectivity index (χ2v) is 6.83. The molecule has 0 unspecified atom stereocenters. The second-order valence-electron chi connectivity index (χ2n) is 4.93. The molecule has 0 aliphatic rings. The molecule has 0 spiro atoms. The van der Waals surface area contributed by atoms with Crippen LogP contribution in [0.25, 0.3) is 0 Å². The Hall–Kier alpha value is -0.980. The number of rotatable bonds is 9. The molecule has 0 aliphatic carbocycles. The summed E-state index contributed by atoms with van der Waals surface area (Å²) in [6.45, 7) is 7.80. The van der Waals surface area contributed by atoms with Crippen LogP contribution < -0.4 is 5.32 Å². The van der Waals surface area contributed by atoms with Gasteiger partial charge >= 0.3 is 0 Å². The zero-order chi connectivity index (χ0) is 15.9. The number of hydrogen-bond acceptors (Lipinski definition) is 3. The maximum absolute atomic E-state index is 13.5. The Bertz CT molecular complexity index is 547. The Morgan fingerprint density at radius 3 is 2.48 bits per heavy atom. The molecular formula is C15H25FN2O2S. The van der Waals surface area contributed by atoms with Crippen molar-refractivity contribution in [3.8, 4) is 0 Å². The van der Waals surface area contributed by atoms with Crippen LogP contribution in [0.4, 0.5) is 4.39 Å². The van der Waals surface area contributed by atoms with Crippen molar-refractivity contribution in [3.05, 3.63) is 29.6 Å². The van der Waals surface area contributed by atoms with Crippen LogP contribution in [-0.2, 0) is 16.6 Å². The van der Waals surface area contributed by atoms with Gasteiger partial charge in [0.2, 0.25) is 10.0 Å². The van der Waals surface area contributed by atoms with E-state index in [1.54, 1.807) is 13.0 Å². The van der Waals surface area contributed by atoms with E-state index in [2.05, 4.69) is 5.32 Å². The Morgan fingerprint density at radius 1 is 1.19 bits per heavy atom. The summed E-state index contributed by atoms with van der Waals surface area (Å²) in [4.78, 5) is 0.0707. The summed E-state index contributed by atoms with van der Waals surface area (Å²) >= 11 is 0. The van der Waals surface area contributed by atoms with Crippen LogP contribution in [0.1, 0.15) is 39.2 Å². The molecule has 120 valence electrons. The van der Waals surface area contributed by atoms with Crippen molar-refractivity contribution in [2.24, 2.45) is 0 Å². The highest BCUT2D eigenvalue weighted by atomic mass is 32.2. The first-order valence-electron chi connectivity index (χ1n) is 7.46. The van der Waals surface area contributed by atoms with E-state index in [4.69, 9.17) is 0 Å². The standard InChI is InChI=1S/C15H25FN2O2S/c1-4-9-17-12-13-7-8-14(16)11-15(13)21(19,20)18(6-3)10-5-2/h7-8,11,17H,4-6,9-10,12H2,1-3H3. The topological polar surface area (TPSA) is 49.4 Å². The number of sulfonamides is 1. The van der Waals surface area contributed by atoms with Gasteiger partial charge in [-0.3, -0.25) is 0 Å². The Morgan fingerprint density at radius 2 is 1.90 bits per heavy atom. The van der Waals surface area contributed by atoms with Gasteiger partial charge in [-0.25, -0.2) is 12.8 Å². The molecule has 0 saturated carbocycles. The van der Waals surface area contributed by atoms with Gasteiger partial charge in [-0.2, -0.15) is 4.31 Å². The minimum absolute atomic E-state index is 0.0707. The van der Waals surface area contributed by atoms with Crippen LogP contribution in [0.2, 0.25) is 0 Å². The third-order valence-electron chi connectivity index (χ3n) is 3.21. The fourth-order valence-electron chi connectivity index (χ4n) is 2.15. The lowest BCUT2D eigenvalue weighted by atomic mass is 10.2. The molecule has 0 fully saturated rings. The molecule has 4 nitrogen and oxygen atoms in total. The molecule has 0 bridgehead atoms. The normalized spacial score (nSPS) is 12.0. The van der Waals surface area contributed by atoms with Crippen molar-refractivity contribution in [2.75, 3.05) is 19.6 Å². The number of nitrogens with zero attached hydrogens (tertiary/aromatic N) is 1. The molecule has 0 saturated heterocycles. The van der Waals surface area contributed by atoms with Crippen LogP contribution in [0.15, 0.2) is 23.1 Å². The molecule has 6 heteroatoms. The molecule has 0 heterocycles. The maximum atomic E-state index is 13.5. The lowest BCUT2D eigenvalue weighted by Gasteiger charge is -2.21.